The van der Waals surface area contributed by atoms with Gasteiger partial charge in [0, 0.05) is 34.9 Å². The summed E-state index contributed by atoms with van der Waals surface area (Å²) in [6, 6.07) is 2.45. The van der Waals surface area contributed by atoms with Crippen molar-refractivity contribution in [2.24, 2.45) is 5.92 Å². The molecule has 0 aliphatic rings. The largest absolute Gasteiger partial charge is 0.384 e. The van der Waals surface area contributed by atoms with Crippen LogP contribution in [-0.2, 0) is 13.8 Å². The molecule has 0 fully saturated rings. The van der Waals surface area contributed by atoms with Crippen molar-refractivity contribution in [1.82, 2.24) is 5.32 Å². The number of nitrogens with one attached hydrogen (secondary N) is 1. The van der Waals surface area contributed by atoms with Gasteiger partial charge in [0.1, 0.15) is 0 Å². The molecule has 21 heavy (non-hydrogen) atoms. The van der Waals surface area contributed by atoms with E-state index in [1.165, 1.54) is 12.1 Å². The van der Waals surface area contributed by atoms with E-state index in [1.54, 1.807) is 14.0 Å². The van der Waals surface area contributed by atoms with E-state index in [4.69, 9.17) is 27.0 Å². The SMILES string of the molecule is COCC(C)CNC(=O)c1cc(S(=O)(=O)Cl)cc(Cl)c1C. The van der Waals surface area contributed by atoms with E-state index >= 15 is 0 Å². The van der Waals surface area contributed by atoms with Crippen LogP contribution in [0.3, 0.4) is 0 Å². The number of halogens is 2. The van der Waals surface area contributed by atoms with E-state index in [0.29, 0.717) is 18.7 Å². The maximum absolute atomic E-state index is 12.2. The molecule has 1 aromatic rings. The minimum Gasteiger partial charge on any atom is -0.384 e. The first-order chi connectivity index (χ1) is 9.66. The minimum absolute atomic E-state index is 0.134. The average Bonchev–Trinajstić information content (AvgIpc) is 2.38. The maximum atomic E-state index is 12.2. The highest BCUT2D eigenvalue weighted by molar-refractivity contribution is 8.13. The van der Waals surface area contributed by atoms with E-state index in [1.807, 2.05) is 6.92 Å². The van der Waals surface area contributed by atoms with Crippen molar-refractivity contribution < 1.29 is 17.9 Å². The summed E-state index contributed by atoms with van der Waals surface area (Å²) in [5, 5.41) is 2.89. The maximum Gasteiger partial charge on any atom is 0.261 e. The van der Waals surface area contributed by atoms with E-state index < -0.39 is 15.0 Å². The van der Waals surface area contributed by atoms with Crippen molar-refractivity contribution in [3.8, 4) is 0 Å². The van der Waals surface area contributed by atoms with Crippen LogP contribution in [0, 0.1) is 12.8 Å². The number of hydrogen-bond acceptors (Lipinski definition) is 4. The van der Waals surface area contributed by atoms with Gasteiger partial charge in [-0.1, -0.05) is 18.5 Å². The van der Waals surface area contributed by atoms with Crippen LogP contribution >= 0.6 is 22.3 Å². The molecule has 0 saturated carbocycles. The van der Waals surface area contributed by atoms with Gasteiger partial charge in [0.25, 0.3) is 15.0 Å². The molecule has 0 aliphatic heterocycles. The number of hydrogen-bond donors (Lipinski definition) is 1. The number of benzene rings is 1. The van der Waals surface area contributed by atoms with Crippen LogP contribution in [0.25, 0.3) is 0 Å². The van der Waals surface area contributed by atoms with E-state index in [-0.39, 0.29) is 21.4 Å². The minimum atomic E-state index is -3.95. The lowest BCUT2D eigenvalue weighted by Gasteiger charge is -2.13. The molecular formula is C13H17Cl2NO4S. The Morgan fingerprint density at radius 3 is 2.57 bits per heavy atom. The molecule has 0 bridgehead atoms. The molecular weight excluding hydrogens is 337 g/mol. The number of methoxy groups -OCH3 is 1. The van der Waals surface area contributed by atoms with Gasteiger partial charge in [-0.05, 0) is 30.5 Å². The summed E-state index contributed by atoms with van der Waals surface area (Å²) in [5.74, 6) is -0.269. The first-order valence-corrected chi connectivity index (χ1v) is 8.87. The Morgan fingerprint density at radius 1 is 1.43 bits per heavy atom. The van der Waals surface area contributed by atoms with Crippen molar-refractivity contribution in [3.05, 3.63) is 28.3 Å². The molecule has 1 N–H and O–H groups in total. The summed E-state index contributed by atoms with van der Waals surface area (Å²) >= 11 is 5.96. The van der Waals surface area contributed by atoms with Gasteiger partial charge in [-0.3, -0.25) is 4.79 Å². The Balaban J connectivity index is 3.01. The van der Waals surface area contributed by atoms with Crippen LogP contribution in [0.2, 0.25) is 5.02 Å². The lowest BCUT2D eigenvalue weighted by Crippen LogP contribution is -2.30. The van der Waals surface area contributed by atoms with Gasteiger partial charge in [0.05, 0.1) is 11.5 Å². The van der Waals surface area contributed by atoms with Crippen LogP contribution < -0.4 is 5.32 Å². The van der Waals surface area contributed by atoms with Gasteiger partial charge in [-0.25, -0.2) is 8.42 Å². The molecule has 1 rings (SSSR count). The molecule has 8 heteroatoms. The molecule has 1 atom stereocenters. The zero-order chi connectivity index (χ0) is 16.2. The van der Waals surface area contributed by atoms with Gasteiger partial charge in [-0.2, -0.15) is 0 Å². The molecule has 1 aromatic carbocycles. The van der Waals surface area contributed by atoms with Crippen molar-refractivity contribution >= 4 is 37.2 Å². The molecule has 0 saturated heterocycles. The Labute approximate surface area is 134 Å². The second kappa shape index (κ2) is 7.45. The standard InChI is InChI=1S/C13H17Cl2NO4S/c1-8(7-20-3)6-16-13(17)11-4-10(21(15,18)19)5-12(14)9(11)2/h4-5,8H,6-7H2,1-3H3,(H,16,17). The second-order valence-electron chi connectivity index (χ2n) is 4.79. The third kappa shape index (κ3) is 5.14. The predicted octanol–water partition coefficient (Wildman–Crippen LogP) is 2.59. The molecule has 1 unspecified atom stereocenters. The number of amides is 1. The summed E-state index contributed by atoms with van der Waals surface area (Å²) in [7, 11) is 2.92. The number of rotatable bonds is 6. The van der Waals surface area contributed by atoms with Crippen LogP contribution in [0.5, 0.6) is 0 Å². The topological polar surface area (TPSA) is 72.5 Å². The summed E-state index contributed by atoms with van der Waals surface area (Å²) in [6.07, 6.45) is 0. The highest BCUT2D eigenvalue weighted by atomic mass is 35.7. The molecule has 0 heterocycles. The van der Waals surface area contributed by atoms with Crippen LogP contribution in [0.4, 0.5) is 0 Å². The Bertz CT molecular complexity index is 631. The number of ether oxygens (including phenoxy) is 1. The van der Waals surface area contributed by atoms with Crippen molar-refractivity contribution in [1.29, 1.82) is 0 Å². The molecule has 0 aromatic heterocycles. The van der Waals surface area contributed by atoms with Gasteiger partial charge < -0.3 is 10.1 Å². The molecule has 0 aliphatic carbocycles. The Hall–Kier alpha value is -0.820. The zero-order valence-electron chi connectivity index (χ0n) is 11.9. The van der Waals surface area contributed by atoms with E-state index in [9.17, 15) is 13.2 Å². The first-order valence-electron chi connectivity index (χ1n) is 6.18. The van der Waals surface area contributed by atoms with Crippen molar-refractivity contribution in [2.45, 2.75) is 18.7 Å². The molecule has 0 spiro atoms. The molecule has 5 nitrogen and oxygen atoms in total. The van der Waals surface area contributed by atoms with E-state index in [2.05, 4.69) is 5.32 Å². The lowest BCUT2D eigenvalue weighted by atomic mass is 10.1. The van der Waals surface area contributed by atoms with Gasteiger partial charge >= 0.3 is 0 Å². The highest BCUT2D eigenvalue weighted by Gasteiger charge is 2.19. The fourth-order valence-corrected chi connectivity index (χ4v) is 2.80. The average molecular weight is 354 g/mol. The fourth-order valence-electron chi connectivity index (χ4n) is 1.74. The van der Waals surface area contributed by atoms with Gasteiger partial charge in [0.2, 0.25) is 0 Å². The Kier molecular flexibility index (Phi) is 6.46. The van der Waals surface area contributed by atoms with Gasteiger partial charge in [-0.15, -0.1) is 0 Å². The Morgan fingerprint density at radius 2 is 2.05 bits per heavy atom. The zero-order valence-corrected chi connectivity index (χ0v) is 14.3. The third-order valence-electron chi connectivity index (χ3n) is 2.91. The quantitative estimate of drug-likeness (QED) is 0.797. The lowest BCUT2D eigenvalue weighted by molar-refractivity contribution is 0.0933. The normalized spacial score (nSPS) is 13.0. The highest BCUT2D eigenvalue weighted by Crippen LogP contribution is 2.26. The third-order valence-corrected chi connectivity index (χ3v) is 4.63. The van der Waals surface area contributed by atoms with Crippen LogP contribution in [0.1, 0.15) is 22.8 Å². The smallest absolute Gasteiger partial charge is 0.261 e. The summed E-state index contributed by atoms with van der Waals surface area (Å²) in [4.78, 5) is 12.0. The number of carbonyl (C=O) groups is 1. The van der Waals surface area contributed by atoms with Crippen LogP contribution in [-0.4, -0.2) is 34.6 Å². The second-order valence-corrected chi connectivity index (χ2v) is 7.76. The molecule has 0 radical (unpaired) electrons. The molecule has 1 amide bonds. The summed E-state index contributed by atoms with van der Waals surface area (Å²) in [6.45, 7) is 4.47. The van der Waals surface area contributed by atoms with Gasteiger partial charge in [0.15, 0.2) is 0 Å². The molecule has 118 valence electrons. The summed E-state index contributed by atoms with van der Waals surface area (Å²) < 4.78 is 27.7. The first kappa shape index (κ1) is 18.2. The van der Waals surface area contributed by atoms with E-state index in [0.717, 1.165) is 0 Å². The number of carbonyl (C=O) groups excluding carboxylic acids is 1. The van der Waals surface area contributed by atoms with Crippen molar-refractivity contribution in [3.63, 3.8) is 0 Å². The van der Waals surface area contributed by atoms with Crippen molar-refractivity contribution in [2.75, 3.05) is 20.3 Å². The monoisotopic (exact) mass is 353 g/mol. The fraction of sp³-hybridized carbons (Fsp3) is 0.462. The summed E-state index contributed by atoms with van der Waals surface area (Å²) in [5.41, 5.74) is 0.684. The van der Waals surface area contributed by atoms with Crippen LogP contribution in [0.15, 0.2) is 17.0 Å². The predicted molar refractivity (Wildman–Crippen MR) is 82.6 cm³/mol.